The van der Waals surface area contributed by atoms with Crippen LogP contribution >= 0.6 is 0 Å². The molecule has 0 N–H and O–H groups in total. The molecular weight excluding hydrogens is 407 g/mol. The number of hydrogen-bond acceptors (Lipinski definition) is 5. The van der Waals surface area contributed by atoms with Crippen molar-refractivity contribution in [3.05, 3.63) is 59.7 Å². The second kappa shape index (κ2) is 7.53. The molecule has 2 aliphatic heterocycles. The maximum atomic E-state index is 12.7. The minimum Gasteiger partial charge on any atom is -0.492 e. The number of nitrogens with zero attached hydrogens (tertiary/aromatic N) is 1. The maximum absolute atomic E-state index is 12.7. The van der Waals surface area contributed by atoms with Gasteiger partial charge in [-0.1, -0.05) is 30.3 Å². The Hall–Kier alpha value is -2.26. The van der Waals surface area contributed by atoms with Crippen molar-refractivity contribution in [2.45, 2.75) is 30.3 Å². The molecule has 0 saturated carbocycles. The first-order chi connectivity index (χ1) is 13.7. The minimum absolute atomic E-state index is 0.0569. The molecular formula is C20H20F3NO4S. The average Bonchev–Trinajstić information content (AvgIpc) is 2.62. The van der Waals surface area contributed by atoms with E-state index in [2.05, 4.69) is 9.08 Å². The van der Waals surface area contributed by atoms with Gasteiger partial charge in [-0.15, -0.1) is 0 Å². The highest BCUT2D eigenvalue weighted by Gasteiger charge is 2.48. The largest absolute Gasteiger partial charge is 0.534 e. The van der Waals surface area contributed by atoms with Crippen LogP contribution in [0.2, 0.25) is 0 Å². The van der Waals surface area contributed by atoms with Gasteiger partial charge < -0.3 is 8.92 Å². The summed E-state index contributed by atoms with van der Waals surface area (Å²) in [5.74, 6) is 0.116. The molecule has 2 aromatic carbocycles. The molecule has 2 aliphatic rings. The Morgan fingerprint density at radius 2 is 1.83 bits per heavy atom. The van der Waals surface area contributed by atoms with Crippen LogP contribution in [0.15, 0.2) is 48.5 Å². The van der Waals surface area contributed by atoms with Crippen LogP contribution in [0, 0.1) is 0 Å². The lowest BCUT2D eigenvalue weighted by molar-refractivity contribution is -0.0500. The van der Waals surface area contributed by atoms with Crippen LogP contribution in [0.5, 0.6) is 11.5 Å². The second-order valence-corrected chi connectivity index (χ2v) is 8.78. The van der Waals surface area contributed by atoms with Crippen LogP contribution < -0.4 is 8.92 Å². The molecule has 0 aromatic heterocycles. The summed E-state index contributed by atoms with van der Waals surface area (Å²) < 4.78 is 71.1. The summed E-state index contributed by atoms with van der Waals surface area (Å²) in [5, 5.41) is 0. The van der Waals surface area contributed by atoms with Crippen LogP contribution in [-0.2, 0) is 16.5 Å². The normalized spacial score (nSPS) is 22.3. The van der Waals surface area contributed by atoms with Crippen LogP contribution in [-0.4, -0.2) is 44.6 Å². The number of hydrogen-bond donors (Lipinski definition) is 0. The molecule has 2 heterocycles. The maximum Gasteiger partial charge on any atom is 0.534 e. The summed E-state index contributed by atoms with van der Waals surface area (Å²) in [6, 6.07) is 13.9. The van der Waals surface area contributed by atoms with Gasteiger partial charge in [0.15, 0.2) is 0 Å². The van der Waals surface area contributed by atoms with E-state index in [1.807, 2.05) is 30.3 Å². The van der Waals surface area contributed by atoms with Gasteiger partial charge in [0.25, 0.3) is 0 Å². The van der Waals surface area contributed by atoms with Crippen molar-refractivity contribution in [2.24, 2.45) is 0 Å². The molecule has 0 bridgehead atoms. The van der Waals surface area contributed by atoms with Crippen molar-refractivity contribution in [1.29, 1.82) is 0 Å². The number of benzene rings is 2. The quantitative estimate of drug-likeness (QED) is 0.538. The summed E-state index contributed by atoms with van der Waals surface area (Å²) in [6.45, 7) is 2.35. The van der Waals surface area contributed by atoms with E-state index in [0.717, 1.165) is 25.1 Å². The van der Waals surface area contributed by atoms with Gasteiger partial charge in [-0.05, 0) is 49.7 Å². The summed E-state index contributed by atoms with van der Waals surface area (Å²) in [6.07, 6.45) is 1.75. The molecule has 0 radical (unpaired) electrons. The van der Waals surface area contributed by atoms with E-state index < -0.39 is 15.6 Å². The molecule has 2 aromatic rings. The Morgan fingerprint density at radius 1 is 1.10 bits per heavy atom. The monoisotopic (exact) mass is 427 g/mol. The van der Waals surface area contributed by atoms with Gasteiger partial charge >= 0.3 is 15.6 Å². The number of likely N-dealkylation sites (tertiary alicyclic amines) is 1. The summed E-state index contributed by atoms with van der Waals surface area (Å²) in [7, 11) is -5.73. The van der Waals surface area contributed by atoms with E-state index in [1.54, 1.807) is 0 Å². The molecule has 156 valence electrons. The zero-order valence-corrected chi connectivity index (χ0v) is 16.2. The predicted molar refractivity (Wildman–Crippen MR) is 100 cm³/mol. The first-order valence-corrected chi connectivity index (χ1v) is 10.7. The van der Waals surface area contributed by atoms with Gasteiger partial charge in [-0.3, -0.25) is 4.90 Å². The van der Waals surface area contributed by atoms with Crippen LogP contribution in [0.1, 0.15) is 23.5 Å². The van der Waals surface area contributed by atoms with Crippen molar-refractivity contribution in [1.82, 2.24) is 4.90 Å². The molecule has 1 fully saturated rings. The summed E-state index contributed by atoms with van der Waals surface area (Å²) in [4.78, 5) is 2.29. The molecule has 4 rings (SSSR count). The third-order valence-corrected chi connectivity index (χ3v) is 6.38. The first kappa shape index (κ1) is 20.0. The lowest BCUT2D eigenvalue weighted by Gasteiger charge is -2.45. The Morgan fingerprint density at radius 3 is 2.45 bits per heavy atom. The number of rotatable bonds is 5. The second-order valence-electron chi connectivity index (χ2n) is 7.25. The lowest BCUT2D eigenvalue weighted by Crippen LogP contribution is -2.52. The molecule has 0 amide bonds. The predicted octanol–water partition coefficient (Wildman–Crippen LogP) is 3.71. The molecule has 0 spiro atoms. The van der Waals surface area contributed by atoms with Gasteiger partial charge in [0.2, 0.25) is 0 Å². The summed E-state index contributed by atoms with van der Waals surface area (Å²) in [5.41, 5.74) is -3.74. The summed E-state index contributed by atoms with van der Waals surface area (Å²) >= 11 is 0. The Kier molecular flexibility index (Phi) is 5.20. The van der Waals surface area contributed by atoms with Gasteiger partial charge in [0.05, 0.1) is 6.04 Å². The van der Waals surface area contributed by atoms with Crippen molar-refractivity contribution < 1.29 is 30.5 Å². The standard InChI is InChI=1S/C20H20F3NO4S/c21-20(22,23)29(25,26)28-15-7-8-19-17(12-15)16(11-14-5-2-1-3-6-14)18(13-27-19)24-9-4-10-24/h1-3,5-8,12,16,18H,4,9-11,13H2/t16-,18+/m0/s1. The van der Waals surface area contributed by atoms with E-state index in [1.165, 1.54) is 18.2 Å². The molecule has 29 heavy (non-hydrogen) atoms. The number of alkyl halides is 3. The molecule has 0 aliphatic carbocycles. The van der Waals surface area contributed by atoms with Crippen molar-refractivity contribution in [3.63, 3.8) is 0 Å². The fourth-order valence-electron chi connectivity index (χ4n) is 3.82. The number of fused-ring (bicyclic) bond motifs is 1. The zero-order chi connectivity index (χ0) is 20.6. The van der Waals surface area contributed by atoms with Gasteiger partial charge in [0, 0.05) is 11.5 Å². The van der Waals surface area contributed by atoms with Crippen molar-refractivity contribution >= 4 is 10.1 Å². The molecule has 5 nitrogen and oxygen atoms in total. The fourth-order valence-corrected chi connectivity index (χ4v) is 4.27. The topological polar surface area (TPSA) is 55.8 Å². The van der Waals surface area contributed by atoms with Crippen molar-refractivity contribution in [3.8, 4) is 11.5 Å². The fraction of sp³-hybridized carbons (Fsp3) is 0.400. The van der Waals surface area contributed by atoms with Gasteiger partial charge in [-0.25, -0.2) is 0 Å². The Labute approximate surface area is 167 Å². The van der Waals surface area contributed by atoms with E-state index in [9.17, 15) is 21.6 Å². The van der Waals surface area contributed by atoms with E-state index in [0.29, 0.717) is 24.3 Å². The van der Waals surface area contributed by atoms with Gasteiger partial charge in [-0.2, -0.15) is 21.6 Å². The van der Waals surface area contributed by atoms with Gasteiger partial charge in [0.1, 0.15) is 18.1 Å². The van der Waals surface area contributed by atoms with Crippen molar-refractivity contribution in [2.75, 3.05) is 19.7 Å². The van der Waals surface area contributed by atoms with Crippen LogP contribution in [0.25, 0.3) is 0 Å². The minimum atomic E-state index is -5.73. The Bertz CT molecular complexity index is 975. The van der Waals surface area contributed by atoms with E-state index in [-0.39, 0.29) is 17.7 Å². The molecule has 1 saturated heterocycles. The number of halogens is 3. The smallest absolute Gasteiger partial charge is 0.492 e. The van der Waals surface area contributed by atoms with Crippen LogP contribution in [0.4, 0.5) is 13.2 Å². The highest BCUT2D eigenvalue weighted by Crippen LogP contribution is 2.41. The van der Waals surface area contributed by atoms with E-state index in [4.69, 9.17) is 4.74 Å². The highest BCUT2D eigenvalue weighted by atomic mass is 32.2. The highest BCUT2D eigenvalue weighted by molar-refractivity contribution is 7.88. The molecule has 2 atom stereocenters. The first-order valence-electron chi connectivity index (χ1n) is 9.30. The average molecular weight is 427 g/mol. The van der Waals surface area contributed by atoms with E-state index >= 15 is 0 Å². The lowest BCUT2D eigenvalue weighted by atomic mass is 9.82. The SMILES string of the molecule is O=S(=O)(Oc1ccc2c(c1)[C@H](Cc1ccccc1)[C@H](N1CCC1)CO2)C(F)(F)F. The zero-order valence-electron chi connectivity index (χ0n) is 15.4. The third-order valence-electron chi connectivity index (χ3n) is 5.40. The van der Waals surface area contributed by atoms with Crippen LogP contribution in [0.3, 0.4) is 0 Å². The molecule has 0 unspecified atom stereocenters. The number of ether oxygens (including phenoxy) is 1. The molecule has 9 heteroatoms. The third kappa shape index (κ3) is 4.06. The Balaban J connectivity index is 1.68.